The highest BCUT2D eigenvalue weighted by Crippen LogP contribution is 2.32. The minimum Gasteiger partial charge on any atom is -0.447 e. The molecule has 8 nitrogen and oxygen atoms in total. The smallest absolute Gasteiger partial charge is 0.416 e. The molecule has 1 amide bonds. The summed E-state index contributed by atoms with van der Waals surface area (Å²) in [5.74, 6) is -2.69. The summed E-state index contributed by atoms with van der Waals surface area (Å²) in [6.45, 7) is 4.10. The average molecular weight is 428 g/mol. The van der Waals surface area contributed by atoms with Crippen LogP contribution in [0.3, 0.4) is 0 Å². The topological polar surface area (TPSA) is 100 Å². The number of aromatic nitrogens is 3. The van der Waals surface area contributed by atoms with Gasteiger partial charge in [0, 0.05) is 19.3 Å². The number of rotatable bonds is 6. The number of cyclic esters (lactones) is 1. The van der Waals surface area contributed by atoms with E-state index >= 15 is 0 Å². The Kier molecular flexibility index (Phi) is 5.85. The van der Waals surface area contributed by atoms with Gasteiger partial charge >= 0.3 is 6.09 Å². The first-order chi connectivity index (χ1) is 13.6. The Morgan fingerprint density at radius 2 is 2.14 bits per heavy atom. The zero-order valence-corrected chi connectivity index (χ0v) is 16.7. The van der Waals surface area contributed by atoms with E-state index in [2.05, 4.69) is 20.3 Å². The number of nitrogens with one attached hydrogen (secondary N) is 1. The van der Waals surface area contributed by atoms with Crippen LogP contribution in [0.4, 0.5) is 25.3 Å². The number of alkyl halides is 2. The molecule has 11 heteroatoms. The number of nitrogens with zero attached hydrogens (tertiary/aromatic N) is 4. The van der Waals surface area contributed by atoms with Crippen LogP contribution in [0.1, 0.15) is 38.1 Å². The second kappa shape index (κ2) is 8.03. The van der Waals surface area contributed by atoms with E-state index in [0.717, 1.165) is 6.92 Å². The molecule has 3 rings (SSSR count). The van der Waals surface area contributed by atoms with Gasteiger partial charge < -0.3 is 15.2 Å². The van der Waals surface area contributed by atoms with Crippen molar-refractivity contribution in [3.63, 3.8) is 0 Å². The molecule has 1 aliphatic rings. The lowest BCUT2D eigenvalue weighted by Crippen LogP contribution is -2.41. The zero-order valence-electron chi connectivity index (χ0n) is 15.9. The van der Waals surface area contributed by atoms with Crippen LogP contribution in [-0.4, -0.2) is 44.9 Å². The average Bonchev–Trinajstić information content (AvgIpc) is 3.02. The summed E-state index contributed by atoms with van der Waals surface area (Å²) in [5.41, 5.74) is 0.0597. The maximum Gasteiger partial charge on any atom is 0.416 e. The molecule has 0 saturated carbocycles. The number of hydrogen-bond donors (Lipinski definition) is 2. The number of carbonyl (C=O) groups excluding carboxylic acids is 1. The number of anilines is 2. The third-order valence-corrected chi connectivity index (χ3v) is 4.76. The van der Waals surface area contributed by atoms with Crippen LogP contribution in [0.5, 0.6) is 0 Å². The van der Waals surface area contributed by atoms with Crippen LogP contribution in [-0.2, 0) is 10.7 Å². The fourth-order valence-corrected chi connectivity index (χ4v) is 3.24. The lowest BCUT2D eigenvalue weighted by molar-refractivity contribution is 0.0128. The molecule has 1 fully saturated rings. The standard InChI is InChI=1S/C18H20ClF2N5O3/c1-9(11-6-12(19)15(23-7-11)18(3,20)21)24-16-22-5-4-14(25-16)26-13(10(2)27)8-29-17(26)28/h4-7,9-10,13,27H,8H2,1-3H3,(H,22,24,25)/t9-,10+,13?/m0/s1. The van der Waals surface area contributed by atoms with Crippen LogP contribution in [0.15, 0.2) is 24.5 Å². The van der Waals surface area contributed by atoms with Gasteiger partial charge in [-0.1, -0.05) is 11.6 Å². The molecule has 3 atom stereocenters. The number of pyridine rings is 1. The van der Waals surface area contributed by atoms with Crippen LogP contribution >= 0.6 is 11.6 Å². The Bertz CT molecular complexity index is 909. The highest BCUT2D eigenvalue weighted by atomic mass is 35.5. The van der Waals surface area contributed by atoms with Crippen molar-refractivity contribution in [3.8, 4) is 0 Å². The molecule has 2 N–H and O–H groups in total. The Hall–Kier alpha value is -2.59. The lowest BCUT2D eigenvalue weighted by atomic mass is 10.1. The number of amides is 1. The van der Waals surface area contributed by atoms with Crippen LogP contribution in [0.25, 0.3) is 0 Å². The molecular formula is C18H20ClF2N5O3. The van der Waals surface area contributed by atoms with Crippen LogP contribution in [0, 0.1) is 0 Å². The normalized spacial score (nSPS) is 19.1. The summed E-state index contributed by atoms with van der Waals surface area (Å²) in [7, 11) is 0. The van der Waals surface area contributed by atoms with Crippen LogP contribution in [0.2, 0.25) is 5.02 Å². The molecule has 1 unspecified atom stereocenters. The van der Waals surface area contributed by atoms with E-state index in [1.807, 2.05) is 0 Å². The third kappa shape index (κ3) is 4.54. The number of aliphatic hydroxyl groups is 1. The lowest BCUT2D eigenvalue weighted by Gasteiger charge is -2.23. The molecule has 0 radical (unpaired) electrons. The van der Waals surface area contributed by atoms with Gasteiger partial charge in [-0.15, -0.1) is 0 Å². The molecule has 0 spiro atoms. The molecule has 0 bridgehead atoms. The molecule has 3 heterocycles. The molecule has 1 saturated heterocycles. The first-order valence-electron chi connectivity index (χ1n) is 8.85. The summed E-state index contributed by atoms with van der Waals surface area (Å²) in [6, 6.07) is 1.96. The third-order valence-electron chi connectivity index (χ3n) is 4.47. The fraction of sp³-hybridized carbons (Fsp3) is 0.444. The first kappa shape index (κ1) is 21.1. The zero-order chi connectivity index (χ0) is 21.3. The summed E-state index contributed by atoms with van der Waals surface area (Å²) in [4.78, 5) is 25.5. The van der Waals surface area contributed by atoms with E-state index in [4.69, 9.17) is 16.3 Å². The maximum absolute atomic E-state index is 13.5. The summed E-state index contributed by atoms with van der Waals surface area (Å²) in [6.07, 6.45) is 1.34. The number of halogens is 3. The largest absolute Gasteiger partial charge is 0.447 e. The van der Waals surface area contributed by atoms with Crippen molar-refractivity contribution in [3.05, 3.63) is 40.8 Å². The van der Waals surface area contributed by atoms with Crippen LogP contribution < -0.4 is 10.2 Å². The van der Waals surface area contributed by atoms with E-state index in [9.17, 15) is 18.7 Å². The molecule has 156 valence electrons. The molecule has 29 heavy (non-hydrogen) atoms. The van der Waals surface area contributed by atoms with Crippen molar-refractivity contribution < 1.29 is 23.4 Å². The molecule has 1 aliphatic heterocycles. The van der Waals surface area contributed by atoms with Crippen molar-refractivity contribution in [1.82, 2.24) is 15.0 Å². The monoisotopic (exact) mass is 427 g/mol. The number of carbonyl (C=O) groups is 1. The van der Waals surface area contributed by atoms with Gasteiger partial charge in [0.15, 0.2) is 0 Å². The van der Waals surface area contributed by atoms with Gasteiger partial charge in [0.05, 0.1) is 17.2 Å². The molecule has 0 aliphatic carbocycles. The Morgan fingerprint density at radius 1 is 1.41 bits per heavy atom. The van der Waals surface area contributed by atoms with E-state index in [-0.39, 0.29) is 23.4 Å². The van der Waals surface area contributed by atoms with Gasteiger partial charge in [-0.2, -0.15) is 13.8 Å². The Balaban J connectivity index is 1.80. The van der Waals surface area contributed by atoms with Gasteiger partial charge in [-0.05, 0) is 31.5 Å². The summed E-state index contributed by atoms with van der Waals surface area (Å²) >= 11 is 5.95. The first-order valence-corrected chi connectivity index (χ1v) is 9.23. The molecule has 2 aromatic rings. The second-order valence-corrected chi connectivity index (χ2v) is 7.25. The highest BCUT2D eigenvalue weighted by molar-refractivity contribution is 6.31. The predicted octanol–water partition coefficient (Wildman–Crippen LogP) is 3.52. The maximum atomic E-state index is 13.5. The van der Waals surface area contributed by atoms with Gasteiger partial charge in [0.2, 0.25) is 5.95 Å². The number of ether oxygens (including phenoxy) is 1. The number of aliphatic hydroxyl groups excluding tert-OH is 1. The van der Waals surface area contributed by atoms with E-state index in [1.165, 1.54) is 29.4 Å². The van der Waals surface area contributed by atoms with Gasteiger partial charge in [0.1, 0.15) is 24.2 Å². The van der Waals surface area contributed by atoms with Crippen molar-refractivity contribution in [2.24, 2.45) is 0 Å². The van der Waals surface area contributed by atoms with E-state index in [0.29, 0.717) is 5.56 Å². The second-order valence-electron chi connectivity index (χ2n) is 6.85. The number of hydrogen-bond acceptors (Lipinski definition) is 7. The van der Waals surface area contributed by atoms with Crippen molar-refractivity contribution in [2.45, 2.75) is 44.9 Å². The predicted molar refractivity (Wildman–Crippen MR) is 102 cm³/mol. The molecule has 2 aromatic heterocycles. The van der Waals surface area contributed by atoms with Gasteiger partial charge in [0.25, 0.3) is 5.92 Å². The van der Waals surface area contributed by atoms with Gasteiger partial charge in [-0.25, -0.2) is 9.78 Å². The van der Waals surface area contributed by atoms with Crippen molar-refractivity contribution in [1.29, 1.82) is 0 Å². The fourth-order valence-electron chi connectivity index (χ4n) is 2.90. The summed E-state index contributed by atoms with van der Waals surface area (Å²) < 4.78 is 31.9. The van der Waals surface area contributed by atoms with E-state index < -0.39 is 35.9 Å². The summed E-state index contributed by atoms with van der Waals surface area (Å²) in [5, 5.41) is 12.7. The minimum atomic E-state index is -3.14. The quantitative estimate of drug-likeness (QED) is 0.727. The SMILES string of the molecule is C[C@H](Nc1nccc(N2C(=O)OCC2[C@@H](C)O)n1)c1cnc(C(C)(F)F)c(Cl)c1. The molecule has 0 aromatic carbocycles. The minimum absolute atomic E-state index is 0.0538. The highest BCUT2D eigenvalue weighted by Gasteiger charge is 2.38. The Labute approximate surface area is 170 Å². The van der Waals surface area contributed by atoms with E-state index in [1.54, 1.807) is 13.8 Å². The Morgan fingerprint density at radius 3 is 2.76 bits per heavy atom. The van der Waals surface area contributed by atoms with Crippen molar-refractivity contribution in [2.75, 3.05) is 16.8 Å². The van der Waals surface area contributed by atoms with Gasteiger partial charge in [-0.3, -0.25) is 9.88 Å². The molecular weight excluding hydrogens is 408 g/mol. The van der Waals surface area contributed by atoms with Crippen molar-refractivity contribution >= 4 is 29.5 Å².